The van der Waals surface area contributed by atoms with Crippen molar-refractivity contribution >= 4 is 21.8 Å². The highest BCUT2D eigenvalue weighted by Gasteiger charge is 2.36. The Morgan fingerprint density at radius 1 is 0.973 bits per heavy atom. The third-order valence-electron chi connectivity index (χ3n) is 8.97. The first-order chi connectivity index (χ1) is 17.7. The van der Waals surface area contributed by atoms with Gasteiger partial charge in [-0.2, -0.15) is 5.26 Å². The molecule has 2 saturated heterocycles. The van der Waals surface area contributed by atoms with Crippen molar-refractivity contribution in [3.05, 3.63) is 0 Å². The molecule has 5 unspecified atom stereocenters. The van der Waals surface area contributed by atoms with E-state index < -0.39 is 10.0 Å². The van der Waals surface area contributed by atoms with Gasteiger partial charge in [0, 0.05) is 62.6 Å². The Morgan fingerprint density at radius 3 is 2.46 bits per heavy atom. The fourth-order valence-corrected chi connectivity index (χ4v) is 7.80. The van der Waals surface area contributed by atoms with Crippen LogP contribution in [0.4, 0.5) is 0 Å². The Kier molecular flexibility index (Phi) is 9.87. The van der Waals surface area contributed by atoms with E-state index in [1.165, 1.54) is 19.3 Å². The molecule has 10 heteroatoms. The van der Waals surface area contributed by atoms with Crippen molar-refractivity contribution in [2.75, 3.05) is 32.4 Å². The molecule has 2 aliphatic heterocycles. The molecule has 4 rings (SSSR count). The lowest BCUT2D eigenvalue weighted by Crippen LogP contribution is -2.44. The third kappa shape index (κ3) is 8.39. The van der Waals surface area contributed by atoms with Crippen LogP contribution < -0.4 is 10.0 Å². The fraction of sp³-hybridized carbons (Fsp3) is 0.889. The van der Waals surface area contributed by atoms with Gasteiger partial charge in [-0.15, -0.1) is 0 Å². The molecule has 0 spiro atoms. The smallest absolute Gasteiger partial charge is 0.223 e. The van der Waals surface area contributed by atoms with Crippen LogP contribution in [0.2, 0.25) is 0 Å². The van der Waals surface area contributed by atoms with Crippen molar-refractivity contribution in [1.82, 2.24) is 19.8 Å². The number of amides is 2. The summed E-state index contributed by atoms with van der Waals surface area (Å²) in [5.74, 6) is 0.238. The van der Waals surface area contributed by atoms with E-state index in [0.717, 1.165) is 70.7 Å². The number of nitrogens with one attached hydrogen (secondary N) is 2. The van der Waals surface area contributed by atoms with Gasteiger partial charge in [0.15, 0.2) is 0 Å². The molecule has 2 saturated carbocycles. The predicted octanol–water partition coefficient (Wildman–Crippen LogP) is 2.39. The van der Waals surface area contributed by atoms with Gasteiger partial charge in [-0.3, -0.25) is 14.5 Å². The molecule has 0 aromatic heterocycles. The van der Waals surface area contributed by atoms with E-state index in [2.05, 4.69) is 21.0 Å². The second-order valence-electron chi connectivity index (χ2n) is 12.0. The largest absolute Gasteiger partial charge is 0.352 e. The minimum atomic E-state index is -3.32. The quantitative estimate of drug-likeness (QED) is 0.467. The average molecular weight is 536 g/mol. The van der Waals surface area contributed by atoms with Crippen LogP contribution >= 0.6 is 0 Å². The molecule has 0 bridgehead atoms. The van der Waals surface area contributed by atoms with E-state index in [9.17, 15) is 23.3 Å². The molecule has 2 heterocycles. The maximum atomic E-state index is 13.5. The zero-order valence-corrected chi connectivity index (χ0v) is 23.2. The lowest BCUT2D eigenvalue weighted by atomic mass is 9.81. The van der Waals surface area contributed by atoms with Crippen molar-refractivity contribution in [1.29, 1.82) is 5.26 Å². The highest BCUT2D eigenvalue weighted by Crippen LogP contribution is 2.32. The minimum Gasteiger partial charge on any atom is -0.352 e. The van der Waals surface area contributed by atoms with Gasteiger partial charge in [-0.1, -0.05) is 38.5 Å². The monoisotopic (exact) mass is 535 g/mol. The van der Waals surface area contributed by atoms with Crippen LogP contribution in [0.15, 0.2) is 0 Å². The number of carbonyl (C=O) groups is 2. The van der Waals surface area contributed by atoms with Gasteiger partial charge in [0.25, 0.3) is 0 Å². The fourth-order valence-electron chi connectivity index (χ4n) is 7.00. The number of hydrogen-bond donors (Lipinski definition) is 2. The Bertz CT molecular complexity index is 945. The molecule has 5 atom stereocenters. The average Bonchev–Trinajstić information content (AvgIpc) is 3.53. The zero-order chi connectivity index (χ0) is 26.4. The summed E-state index contributed by atoms with van der Waals surface area (Å²) in [5.41, 5.74) is 0. The molecule has 208 valence electrons. The SMILES string of the molecule is CS(=O)(=O)NC1CCN(C(=O)CC(CC2CCCCC2)C(=O)NC2CCN(C3CCCC(C#N)C3)C2)C1. The molecule has 2 N–H and O–H groups in total. The summed E-state index contributed by atoms with van der Waals surface area (Å²) in [6.07, 6.45) is 13.6. The van der Waals surface area contributed by atoms with Crippen molar-refractivity contribution in [2.24, 2.45) is 17.8 Å². The highest BCUT2D eigenvalue weighted by atomic mass is 32.2. The second kappa shape index (κ2) is 12.9. The summed E-state index contributed by atoms with van der Waals surface area (Å²) in [7, 11) is -3.32. The molecule has 0 aromatic rings. The summed E-state index contributed by atoms with van der Waals surface area (Å²) in [6, 6.07) is 2.71. The summed E-state index contributed by atoms with van der Waals surface area (Å²) in [4.78, 5) is 30.9. The maximum absolute atomic E-state index is 13.5. The molecule has 0 aromatic carbocycles. The van der Waals surface area contributed by atoms with Crippen LogP contribution in [-0.4, -0.2) is 80.6 Å². The van der Waals surface area contributed by atoms with Crippen molar-refractivity contribution in [2.45, 2.75) is 102 Å². The Labute approximate surface area is 222 Å². The third-order valence-corrected chi connectivity index (χ3v) is 9.73. The topological polar surface area (TPSA) is 123 Å². The standard InChI is InChI=1S/C27H45N5O4S/c1-37(35,36)30-24-11-13-32(19-24)26(33)16-22(14-20-6-3-2-4-7-20)27(34)29-23-10-12-31(18-23)25-9-5-8-21(15-25)17-28/h20-25,30H,2-16,18-19H2,1H3,(H,29,34). The van der Waals surface area contributed by atoms with E-state index in [4.69, 9.17) is 0 Å². The van der Waals surface area contributed by atoms with Gasteiger partial charge in [-0.25, -0.2) is 13.1 Å². The van der Waals surface area contributed by atoms with Crippen molar-refractivity contribution < 1.29 is 18.0 Å². The summed E-state index contributed by atoms with van der Waals surface area (Å²) in [5, 5.41) is 12.6. The van der Waals surface area contributed by atoms with Crippen LogP contribution in [0.25, 0.3) is 0 Å². The van der Waals surface area contributed by atoms with E-state index in [1.807, 2.05) is 0 Å². The highest BCUT2D eigenvalue weighted by molar-refractivity contribution is 7.88. The number of sulfonamides is 1. The molecule has 2 aliphatic carbocycles. The van der Waals surface area contributed by atoms with Crippen LogP contribution in [0.1, 0.15) is 83.5 Å². The lowest BCUT2D eigenvalue weighted by Gasteiger charge is -2.33. The van der Waals surface area contributed by atoms with Crippen LogP contribution in [-0.2, 0) is 19.6 Å². The van der Waals surface area contributed by atoms with E-state index in [0.29, 0.717) is 31.5 Å². The summed E-state index contributed by atoms with van der Waals surface area (Å²) >= 11 is 0. The number of likely N-dealkylation sites (tertiary alicyclic amines) is 2. The first kappa shape index (κ1) is 28.3. The number of nitrogens with zero attached hydrogens (tertiary/aromatic N) is 3. The number of rotatable bonds is 9. The van der Waals surface area contributed by atoms with Gasteiger partial charge in [0.1, 0.15) is 0 Å². The van der Waals surface area contributed by atoms with Crippen molar-refractivity contribution in [3.63, 3.8) is 0 Å². The van der Waals surface area contributed by atoms with Gasteiger partial charge in [-0.05, 0) is 44.4 Å². The Morgan fingerprint density at radius 2 is 1.73 bits per heavy atom. The van der Waals surface area contributed by atoms with E-state index in [1.54, 1.807) is 4.90 Å². The lowest BCUT2D eigenvalue weighted by molar-refractivity contribution is -0.136. The predicted molar refractivity (Wildman–Crippen MR) is 142 cm³/mol. The molecule has 2 amide bonds. The van der Waals surface area contributed by atoms with Crippen LogP contribution in [0.5, 0.6) is 0 Å². The summed E-state index contributed by atoms with van der Waals surface area (Å²) < 4.78 is 25.8. The molecule has 37 heavy (non-hydrogen) atoms. The van der Waals surface area contributed by atoms with Crippen LogP contribution in [0, 0.1) is 29.1 Å². The molecule has 4 aliphatic rings. The molecule has 9 nitrogen and oxygen atoms in total. The Balaban J connectivity index is 1.32. The maximum Gasteiger partial charge on any atom is 0.223 e. The number of nitriles is 1. The normalized spacial score (nSPS) is 30.6. The first-order valence-corrected chi connectivity index (χ1v) is 16.3. The molecule has 0 radical (unpaired) electrons. The number of carbonyl (C=O) groups excluding carboxylic acids is 2. The van der Waals surface area contributed by atoms with Gasteiger partial charge in [0.05, 0.1) is 12.3 Å². The molecular weight excluding hydrogens is 490 g/mol. The van der Waals surface area contributed by atoms with Gasteiger partial charge < -0.3 is 10.2 Å². The van der Waals surface area contributed by atoms with Gasteiger partial charge in [0.2, 0.25) is 21.8 Å². The Hall–Kier alpha value is -1.70. The minimum absolute atomic E-state index is 0.00525. The van der Waals surface area contributed by atoms with Crippen LogP contribution in [0.3, 0.4) is 0 Å². The summed E-state index contributed by atoms with van der Waals surface area (Å²) in [6.45, 7) is 2.66. The first-order valence-electron chi connectivity index (χ1n) is 14.4. The molecular formula is C27H45N5O4S. The number of hydrogen-bond acceptors (Lipinski definition) is 6. The molecule has 4 fully saturated rings. The second-order valence-corrected chi connectivity index (χ2v) is 13.8. The van der Waals surface area contributed by atoms with Gasteiger partial charge >= 0.3 is 0 Å². The van der Waals surface area contributed by atoms with E-state index in [-0.39, 0.29) is 42.2 Å². The zero-order valence-electron chi connectivity index (χ0n) is 22.4. The van der Waals surface area contributed by atoms with E-state index >= 15 is 0 Å². The van der Waals surface area contributed by atoms with Crippen molar-refractivity contribution in [3.8, 4) is 6.07 Å².